The number of aromatic nitrogens is 1. The summed E-state index contributed by atoms with van der Waals surface area (Å²) in [6, 6.07) is 8.14. The Morgan fingerprint density at radius 2 is 2.17 bits per heavy atom. The van der Waals surface area contributed by atoms with Crippen LogP contribution in [0, 0.1) is 6.92 Å². The van der Waals surface area contributed by atoms with Gasteiger partial charge >= 0.3 is 0 Å². The molecule has 0 aliphatic carbocycles. The smallest absolute Gasteiger partial charge is 0.182 e. The second-order valence-corrected chi connectivity index (χ2v) is 5.05. The Balaban J connectivity index is 2.16. The van der Waals surface area contributed by atoms with E-state index in [0.29, 0.717) is 0 Å². The van der Waals surface area contributed by atoms with E-state index in [-0.39, 0.29) is 11.8 Å². The quantitative estimate of drug-likeness (QED) is 0.821. The molecule has 1 unspecified atom stereocenters. The third kappa shape index (κ3) is 1.58. The predicted octanol–water partition coefficient (Wildman–Crippen LogP) is 2.42. The van der Waals surface area contributed by atoms with E-state index in [2.05, 4.69) is 16.0 Å². The molecule has 1 saturated heterocycles. The van der Waals surface area contributed by atoms with Crippen molar-refractivity contribution in [2.24, 2.45) is 7.05 Å². The van der Waals surface area contributed by atoms with Gasteiger partial charge in [-0.2, -0.15) is 0 Å². The van der Waals surface area contributed by atoms with Crippen molar-refractivity contribution in [3.05, 3.63) is 35.5 Å². The highest BCUT2D eigenvalue weighted by Crippen LogP contribution is 2.27. The molecule has 1 atom stereocenters. The van der Waals surface area contributed by atoms with E-state index in [1.165, 1.54) is 0 Å². The monoisotopic (exact) mass is 242 g/mol. The van der Waals surface area contributed by atoms with E-state index in [4.69, 9.17) is 0 Å². The number of rotatable bonds is 2. The number of hydrogen-bond donors (Lipinski definition) is 1. The first kappa shape index (κ1) is 11.5. The zero-order chi connectivity index (χ0) is 12.7. The second kappa shape index (κ2) is 4.25. The van der Waals surface area contributed by atoms with Gasteiger partial charge in [0.1, 0.15) is 0 Å². The molecule has 18 heavy (non-hydrogen) atoms. The molecular weight excluding hydrogens is 224 g/mol. The molecule has 1 N–H and O–H groups in total. The van der Waals surface area contributed by atoms with Crippen molar-refractivity contribution in [1.29, 1.82) is 0 Å². The number of nitrogens with zero attached hydrogens (tertiary/aromatic N) is 1. The molecule has 2 heterocycles. The minimum Gasteiger partial charge on any atom is -0.347 e. The maximum atomic E-state index is 12.6. The summed E-state index contributed by atoms with van der Waals surface area (Å²) >= 11 is 0. The maximum Gasteiger partial charge on any atom is 0.182 e. The first-order chi connectivity index (χ1) is 8.70. The highest BCUT2D eigenvalue weighted by molar-refractivity contribution is 6.11. The van der Waals surface area contributed by atoms with E-state index in [1.807, 2.05) is 32.2 Å². The number of fused-ring (bicyclic) bond motifs is 1. The lowest BCUT2D eigenvalue weighted by Crippen LogP contribution is -2.31. The minimum atomic E-state index is 0.00880. The van der Waals surface area contributed by atoms with Crippen LogP contribution in [-0.4, -0.2) is 22.9 Å². The van der Waals surface area contributed by atoms with Crippen LogP contribution >= 0.6 is 0 Å². The molecule has 1 aliphatic rings. The highest BCUT2D eigenvalue weighted by atomic mass is 16.1. The van der Waals surface area contributed by atoms with Gasteiger partial charge in [-0.1, -0.05) is 18.2 Å². The fourth-order valence-electron chi connectivity index (χ4n) is 2.91. The van der Waals surface area contributed by atoms with Crippen molar-refractivity contribution in [3.8, 4) is 0 Å². The molecule has 1 fully saturated rings. The first-order valence-corrected chi connectivity index (χ1v) is 6.52. The van der Waals surface area contributed by atoms with E-state index >= 15 is 0 Å². The van der Waals surface area contributed by atoms with Crippen LogP contribution in [0.1, 0.15) is 28.9 Å². The van der Waals surface area contributed by atoms with Crippen LogP contribution in [0.2, 0.25) is 0 Å². The Labute approximate surface area is 107 Å². The van der Waals surface area contributed by atoms with Gasteiger partial charge in [-0.05, 0) is 32.4 Å². The van der Waals surface area contributed by atoms with Crippen molar-refractivity contribution in [1.82, 2.24) is 9.88 Å². The average molecular weight is 242 g/mol. The van der Waals surface area contributed by atoms with Gasteiger partial charge in [0.15, 0.2) is 5.78 Å². The molecule has 1 aromatic carbocycles. The molecule has 0 radical (unpaired) electrons. The van der Waals surface area contributed by atoms with Crippen LogP contribution in [0.25, 0.3) is 10.9 Å². The van der Waals surface area contributed by atoms with Crippen LogP contribution in [0.5, 0.6) is 0 Å². The molecule has 0 saturated carbocycles. The number of hydrogen-bond acceptors (Lipinski definition) is 2. The molecule has 2 aromatic rings. The van der Waals surface area contributed by atoms with E-state index < -0.39 is 0 Å². The minimum absolute atomic E-state index is 0.00880. The third-order valence-corrected chi connectivity index (χ3v) is 4.02. The molecule has 0 amide bonds. The van der Waals surface area contributed by atoms with Gasteiger partial charge in [0.25, 0.3) is 0 Å². The summed E-state index contributed by atoms with van der Waals surface area (Å²) in [5.74, 6) is 0.252. The molecule has 1 aromatic heterocycles. The first-order valence-electron chi connectivity index (χ1n) is 6.52. The van der Waals surface area contributed by atoms with Gasteiger partial charge in [0.2, 0.25) is 0 Å². The fourth-order valence-corrected chi connectivity index (χ4v) is 2.91. The van der Waals surface area contributed by atoms with Gasteiger partial charge in [-0.15, -0.1) is 0 Å². The van der Waals surface area contributed by atoms with Gasteiger partial charge in [0.05, 0.1) is 6.04 Å². The van der Waals surface area contributed by atoms with E-state index in [9.17, 15) is 4.79 Å². The zero-order valence-corrected chi connectivity index (χ0v) is 10.9. The lowest BCUT2D eigenvalue weighted by molar-refractivity contribution is 0.0953. The number of para-hydroxylation sites is 1. The molecule has 1 aliphatic heterocycles. The number of ketones is 1. The Hall–Kier alpha value is -1.61. The summed E-state index contributed by atoms with van der Waals surface area (Å²) < 4.78 is 2.11. The largest absolute Gasteiger partial charge is 0.347 e. The van der Waals surface area contributed by atoms with Gasteiger partial charge in [0, 0.05) is 29.2 Å². The molecule has 94 valence electrons. The van der Waals surface area contributed by atoms with Crippen molar-refractivity contribution >= 4 is 16.7 Å². The summed E-state index contributed by atoms with van der Waals surface area (Å²) in [7, 11) is 2.02. The van der Waals surface area contributed by atoms with Gasteiger partial charge in [-0.3, -0.25) is 4.79 Å². The normalized spacial score (nSPS) is 19.6. The summed E-state index contributed by atoms with van der Waals surface area (Å²) in [5, 5.41) is 4.38. The average Bonchev–Trinajstić information content (AvgIpc) is 2.99. The SMILES string of the molecule is Cc1c(C(=O)C2CCCN2)c2ccccc2n1C. The standard InChI is InChI=1S/C15H18N2O/c1-10-14(15(18)12-7-5-9-16-12)11-6-3-4-8-13(11)17(10)2/h3-4,6,8,12,16H,5,7,9H2,1-2H3. The summed E-state index contributed by atoms with van der Waals surface area (Å²) in [6.07, 6.45) is 2.06. The zero-order valence-electron chi connectivity index (χ0n) is 10.9. The van der Waals surface area contributed by atoms with Gasteiger partial charge in [-0.25, -0.2) is 0 Å². The van der Waals surface area contributed by atoms with Crippen LogP contribution < -0.4 is 5.32 Å². The molecule has 0 spiro atoms. The summed E-state index contributed by atoms with van der Waals surface area (Å²) in [6.45, 7) is 2.99. The van der Waals surface area contributed by atoms with E-state index in [1.54, 1.807) is 0 Å². The number of carbonyl (C=O) groups is 1. The molecule has 3 rings (SSSR count). The Kier molecular flexibility index (Phi) is 2.71. The Bertz CT molecular complexity index is 606. The Morgan fingerprint density at radius 3 is 2.89 bits per heavy atom. The van der Waals surface area contributed by atoms with E-state index in [0.717, 1.165) is 41.5 Å². The summed E-state index contributed by atoms with van der Waals surface area (Å²) in [5.41, 5.74) is 3.10. The fraction of sp³-hybridized carbons (Fsp3) is 0.400. The molecule has 0 bridgehead atoms. The van der Waals surface area contributed by atoms with Crippen LogP contribution in [0.15, 0.2) is 24.3 Å². The number of nitrogens with one attached hydrogen (secondary N) is 1. The Morgan fingerprint density at radius 1 is 1.39 bits per heavy atom. The number of benzene rings is 1. The molecule has 3 nitrogen and oxygen atoms in total. The molecule has 3 heteroatoms. The van der Waals surface area contributed by atoms with Gasteiger partial charge < -0.3 is 9.88 Å². The number of carbonyl (C=O) groups excluding carboxylic acids is 1. The van der Waals surface area contributed by atoms with Crippen molar-refractivity contribution in [3.63, 3.8) is 0 Å². The lowest BCUT2D eigenvalue weighted by atomic mass is 10.00. The predicted molar refractivity (Wildman–Crippen MR) is 73.0 cm³/mol. The van der Waals surface area contributed by atoms with Crippen molar-refractivity contribution in [2.45, 2.75) is 25.8 Å². The lowest BCUT2D eigenvalue weighted by Gasteiger charge is -2.09. The topological polar surface area (TPSA) is 34.0 Å². The van der Waals surface area contributed by atoms with Crippen LogP contribution in [0.4, 0.5) is 0 Å². The number of aryl methyl sites for hydroxylation is 1. The number of Topliss-reactive ketones (excluding diaryl/α,β-unsaturated/α-hetero) is 1. The maximum absolute atomic E-state index is 12.6. The third-order valence-electron chi connectivity index (χ3n) is 4.02. The van der Waals surface area contributed by atoms with Crippen molar-refractivity contribution < 1.29 is 4.79 Å². The van der Waals surface area contributed by atoms with Crippen LogP contribution in [-0.2, 0) is 7.05 Å². The second-order valence-electron chi connectivity index (χ2n) is 5.05. The highest BCUT2D eigenvalue weighted by Gasteiger charge is 2.27. The van der Waals surface area contributed by atoms with Crippen LogP contribution in [0.3, 0.4) is 0 Å². The van der Waals surface area contributed by atoms with Crippen molar-refractivity contribution in [2.75, 3.05) is 6.54 Å². The summed E-state index contributed by atoms with van der Waals surface area (Å²) in [4.78, 5) is 12.6. The molecular formula is C15H18N2O.